The van der Waals surface area contributed by atoms with Crippen molar-refractivity contribution in [2.45, 2.75) is 19.8 Å². The van der Waals surface area contributed by atoms with Crippen molar-refractivity contribution in [3.63, 3.8) is 0 Å². The number of anilines is 2. The number of carbonyl (C=O) groups is 1. The second-order valence-corrected chi connectivity index (χ2v) is 8.22. The lowest BCUT2D eigenvalue weighted by Gasteiger charge is -2.40. The topological polar surface area (TPSA) is 78.6 Å². The van der Waals surface area contributed by atoms with Crippen LogP contribution in [0.5, 0.6) is 0 Å². The number of hydrogen-bond donors (Lipinski definition) is 0. The van der Waals surface area contributed by atoms with E-state index in [0.29, 0.717) is 25.3 Å². The molecule has 4 heterocycles. The molecule has 31 heavy (non-hydrogen) atoms. The zero-order valence-electron chi connectivity index (χ0n) is 17.5. The number of hydrogen-bond acceptors (Lipinski definition) is 7. The predicted molar refractivity (Wildman–Crippen MR) is 114 cm³/mol. The van der Waals surface area contributed by atoms with E-state index in [1.807, 2.05) is 11.8 Å². The van der Waals surface area contributed by atoms with Gasteiger partial charge in [-0.1, -0.05) is 5.16 Å². The summed E-state index contributed by atoms with van der Waals surface area (Å²) in [5.74, 6) is 0.705. The van der Waals surface area contributed by atoms with Crippen molar-refractivity contribution < 1.29 is 13.7 Å². The maximum atomic E-state index is 13.3. The number of carbonyl (C=O) groups excluding carboxylic acids is 1. The summed E-state index contributed by atoms with van der Waals surface area (Å²) in [6.45, 7) is 6.21. The van der Waals surface area contributed by atoms with Gasteiger partial charge in [0.1, 0.15) is 23.3 Å². The third kappa shape index (κ3) is 3.80. The first kappa shape index (κ1) is 19.7. The molecule has 0 aliphatic carbocycles. The minimum absolute atomic E-state index is 0.0590. The van der Waals surface area contributed by atoms with Crippen LogP contribution < -0.4 is 9.80 Å². The van der Waals surface area contributed by atoms with E-state index in [-0.39, 0.29) is 17.6 Å². The molecule has 0 bridgehead atoms. The molecule has 5 rings (SSSR count). The molecule has 9 heteroatoms. The number of rotatable bonds is 3. The zero-order chi connectivity index (χ0) is 21.4. The van der Waals surface area contributed by atoms with Crippen LogP contribution in [0.25, 0.3) is 11.1 Å². The Hall–Kier alpha value is -3.23. The van der Waals surface area contributed by atoms with E-state index in [4.69, 9.17) is 4.52 Å². The highest BCUT2D eigenvalue weighted by atomic mass is 19.1. The van der Waals surface area contributed by atoms with Gasteiger partial charge in [-0.05, 0) is 44.0 Å². The summed E-state index contributed by atoms with van der Waals surface area (Å²) >= 11 is 0. The molecule has 1 aromatic carbocycles. The van der Waals surface area contributed by atoms with Gasteiger partial charge in [-0.2, -0.15) is 4.98 Å². The SMILES string of the molecule is Cc1noc2ncnc(N3CCC[C@@H](C(=O)N4CCN(c5ccc(F)cc5)CC4)C3)c12. The summed E-state index contributed by atoms with van der Waals surface area (Å²) in [4.78, 5) is 28.2. The lowest BCUT2D eigenvalue weighted by molar-refractivity contribution is -0.136. The third-order valence-corrected chi connectivity index (χ3v) is 6.28. The molecule has 2 aromatic heterocycles. The van der Waals surface area contributed by atoms with Crippen molar-refractivity contribution in [1.29, 1.82) is 0 Å². The molecule has 8 nitrogen and oxygen atoms in total. The average Bonchev–Trinajstić information content (AvgIpc) is 3.20. The Labute approximate surface area is 179 Å². The lowest BCUT2D eigenvalue weighted by Crippen LogP contribution is -2.52. The molecule has 2 saturated heterocycles. The molecule has 0 N–H and O–H groups in total. The quantitative estimate of drug-likeness (QED) is 0.640. The molecule has 162 valence electrons. The first-order valence-electron chi connectivity index (χ1n) is 10.7. The highest BCUT2D eigenvalue weighted by Gasteiger charge is 2.32. The molecule has 0 saturated carbocycles. The van der Waals surface area contributed by atoms with E-state index in [1.54, 1.807) is 12.1 Å². The minimum Gasteiger partial charge on any atom is -0.368 e. The fourth-order valence-electron chi connectivity index (χ4n) is 4.61. The van der Waals surface area contributed by atoms with E-state index < -0.39 is 0 Å². The molecule has 1 amide bonds. The molecule has 1 atom stereocenters. The predicted octanol–water partition coefficient (Wildman–Crippen LogP) is 2.63. The van der Waals surface area contributed by atoms with E-state index >= 15 is 0 Å². The molecule has 2 aliphatic heterocycles. The van der Waals surface area contributed by atoms with Crippen LogP contribution in [0.4, 0.5) is 15.9 Å². The van der Waals surface area contributed by atoms with Gasteiger partial charge in [0, 0.05) is 45.0 Å². The molecular formula is C22H25FN6O2. The summed E-state index contributed by atoms with van der Waals surface area (Å²) < 4.78 is 18.5. The molecule has 2 aliphatic rings. The fraction of sp³-hybridized carbons (Fsp3) is 0.455. The van der Waals surface area contributed by atoms with Gasteiger partial charge in [0.05, 0.1) is 11.6 Å². The second kappa shape index (κ2) is 8.13. The molecule has 0 spiro atoms. The first-order chi connectivity index (χ1) is 15.1. The van der Waals surface area contributed by atoms with Crippen LogP contribution in [0.2, 0.25) is 0 Å². The Balaban J connectivity index is 1.25. The number of amides is 1. The van der Waals surface area contributed by atoms with E-state index in [1.165, 1.54) is 18.5 Å². The van der Waals surface area contributed by atoms with Crippen molar-refractivity contribution in [3.05, 3.63) is 42.1 Å². The largest absolute Gasteiger partial charge is 0.368 e. The summed E-state index contributed by atoms with van der Waals surface area (Å²) in [6.07, 6.45) is 3.30. The molecule has 2 fully saturated rings. The molecular weight excluding hydrogens is 399 g/mol. The van der Waals surface area contributed by atoms with Gasteiger partial charge < -0.3 is 19.2 Å². The van der Waals surface area contributed by atoms with E-state index in [9.17, 15) is 9.18 Å². The van der Waals surface area contributed by atoms with Gasteiger partial charge in [-0.25, -0.2) is 9.37 Å². The fourth-order valence-corrected chi connectivity index (χ4v) is 4.61. The number of piperazine rings is 1. The number of benzene rings is 1. The van der Waals surface area contributed by atoms with Crippen molar-refractivity contribution in [2.24, 2.45) is 5.92 Å². The number of aryl methyl sites for hydroxylation is 1. The normalized spacial score (nSPS) is 19.8. The van der Waals surface area contributed by atoms with Crippen LogP contribution in [0, 0.1) is 18.7 Å². The average molecular weight is 424 g/mol. The molecule has 0 radical (unpaired) electrons. The van der Waals surface area contributed by atoms with Gasteiger partial charge in [-0.15, -0.1) is 0 Å². The molecule has 3 aromatic rings. The standard InChI is InChI=1S/C22H25FN6O2/c1-15-19-20(24-14-25-21(19)31-26-15)29-8-2-3-16(13-29)22(30)28-11-9-27(10-12-28)18-6-4-17(23)5-7-18/h4-7,14,16H,2-3,8-13H2,1H3/t16-/m1/s1. The number of piperidine rings is 1. The smallest absolute Gasteiger partial charge is 0.263 e. The van der Waals surface area contributed by atoms with E-state index in [2.05, 4.69) is 24.9 Å². The second-order valence-electron chi connectivity index (χ2n) is 8.22. The summed E-state index contributed by atoms with van der Waals surface area (Å²) in [7, 11) is 0. The lowest BCUT2D eigenvalue weighted by atomic mass is 9.96. The van der Waals surface area contributed by atoms with Gasteiger partial charge in [0.2, 0.25) is 5.91 Å². The van der Waals surface area contributed by atoms with Gasteiger partial charge >= 0.3 is 0 Å². The Bertz CT molecular complexity index is 1080. The van der Waals surface area contributed by atoms with Crippen molar-refractivity contribution in [3.8, 4) is 0 Å². The van der Waals surface area contributed by atoms with Gasteiger partial charge in [0.25, 0.3) is 5.71 Å². The van der Waals surface area contributed by atoms with Crippen LogP contribution in [0.15, 0.2) is 35.1 Å². The van der Waals surface area contributed by atoms with Crippen LogP contribution in [-0.4, -0.2) is 65.2 Å². The summed E-state index contributed by atoms with van der Waals surface area (Å²) in [6, 6.07) is 6.54. The van der Waals surface area contributed by atoms with Gasteiger partial charge in [-0.3, -0.25) is 4.79 Å². The molecule has 0 unspecified atom stereocenters. The number of halogens is 1. The van der Waals surface area contributed by atoms with Crippen LogP contribution >= 0.6 is 0 Å². The van der Waals surface area contributed by atoms with Gasteiger partial charge in [0.15, 0.2) is 0 Å². The number of fused-ring (bicyclic) bond motifs is 1. The van der Waals surface area contributed by atoms with Crippen LogP contribution in [0.3, 0.4) is 0 Å². The Morgan fingerprint density at radius 3 is 2.61 bits per heavy atom. The first-order valence-corrected chi connectivity index (χ1v) is 10.7. The van der Waals surface area contributed by atoms with E-state index in [0.717, 1.165) is 55.1 Å². The monoisotopic (exact) mass is 424 g/mol. The highest BCUT2D eigenvalue weighted by Crippen LogP contribution is 2.30. The van der Waals surface area contributed by atoms with Crippen molar-refractivity contribution in [1.82, 2.24) is 20.0 Å². The Morgan fingerprint density at radius 2 is 1.84 bits per heavy atom. The highest BCUT2D eigenvalue weighted by molar-refractivity contribution is 5.88. The van der Waals surface area contributed by atoms with Crippen LogP contribution in [0.1, 0.15) is 18.5 Å². The number of aromatic nitrogens is 3. The minimum atomic E-state index is -0.234. The maximum Gasteiger partial charge on any atom is 0.263 e. The Morgan fingerprint density at radius 1 is 1.06 bits per heavy atom. The Kier molecular flexibility index (Phi) is 5.17. The van der Waals surface area contributed by atoms with Crippen LogP contribution in [-0.2, 0) is 4.79 Å². The summed E-state index contributed by atoms with van der Waals surface area (Å²) in [5, 5.41) is 4.83. The van der Waals surface area contributed by atoms with Crippen molar-refractivity contribution >= 4 is 28.5 Å². The summed E-state index contributed by atoms with van der Waals surface area (Å²) in [5.41, 5.74) is 2.23. The maximum absolute atomic E-state index is 13.3. The zero-order valence-corrected chi connectivity index (χ0v) is 17.5. The third-order valence-electron chi connectivity index (χ3n) is 6.28. The number of nitrogens with zero attached hydrogens (tertiary/aromatic N) is 6. The van der Waals surface area contributed by atoms with Crippen molar-refractivity contribution in [2.75, 3.05) is 49.1 Å².